The number of carbonyl (C=O) groups is 1. The van der Waals surface area contributed by atoms with Crippen LogP contribution < -0.4 is 0 Å². The molecule has 0 aromatic heterocycles. The summed E-state index contributed by atoms with van der Waals surface area (Å²) in [5, 5.41) is 0. The molecule has 0 atom stereocenters. The van der Waals surface area contributed by atoms with Gasteiger partial charge in [-0.15, -0.1) is 0 Å². The van der Waals surface area contributed by atoms with Crippen molar-refractivity contribution < 1.29 is 19.0 Å². The summed E-state index contributed by atoms with van der Waals surface area (Å²) < 4.78 is 14.9. The monoisotopic (exact) mass is 204 g/mol. The number of methoxy groups -OCH3 is 2. The van der Waals surface area contributed by atoms with Crippen LogP contribution in [0.2, 0.25) is 0 Å². The third-order valence-corrected chi connectivity index (χ3v) is 1.69. The zero-order valence-electron chi connectivity index (χ0n) is 9.08. The standard InChI is InChI=1S/C10H20O4/c1-12-6-4-8-14-7-3-5-10(11)9-13-2/h3-9H2,1-2H3. The molecule has 0 aliphatic carbocycles. The van der Waals surface area contributed by atoms with E-state index in [1.807, 2.05) is 0 Å². The molecule has 0 N–H and O–H groups in total. The number of ketones is 1. The maximum absolute atomic E-state index is 11.0. The molecule has 0 aliphatic heterocycles. The normalized spacial score (nSPS) is 10.4. The molecule has 84 valence electrons. The summed E-state index contributed by atoms with van der Waals surface area (Å²) in [5.74, 6) is 0.132. The highest BCUT2D eigenvalue weighted by Crippen LogP contribution is 1.93. The quantitative estimate of drug-likeness (QED) is 0.499. The molecule has 0 radical (unpaired) electrons. The van der Waals surface area contributed by atoms with E-state index in [1.54, 1.807) is 7.11 Å². The first-order valence-corrected chi connectivity index (χ1v) is 4.88. The predicted octanol–water partition coefficient (Wildman–Crippen LogP) is 1.04. The Hall–Kier alpha value is -0.450. The van der Waals surface area contributed by atoms with Crippen LogP contribution in [0.1, 0.15) is 19.3 Å². The summed E-state index contributed by atoms with van der Waals surface area (Å²) in [5.41, 5.74) is 0. The number of ether oxygens (including phenoxy) is 3. The second-order valence-corrected chi connectivity index (χ2v) is 3.03. The van der Waals surface area contributed by atoms with E-state index in [-0.39, 0.29) is 12.4 Å². The van der Waals surface area contributed by atoms with Crippen molar-refractivity contribution in [2.45, 2.75) is 19.3 Å². The summed E-state index contributed by atoms with van der Waals surface area (Å²) in [6.45, 7) is 2.28. The molecule has 0 aromatic carbocycles. The Morgan fingerprint density at radius 1 is 1.00 bits per heavy atom. The van der Waals surface area contributed by atoms with Crippen molar-refractivity contribution in [2.75, 3.05) is 40.6 Å². The van der Waals surface area contributed by atoms with Gasteiger partial charge in [0.05, 0.1) is 0 Å². The van der Waals surface area contributed by atoms with E-state index in [2.05, 4.69) is 0 Å². The van der Waals surface area contributed by atoms with E-state index < -0.39 is 0 Å². The van der Waals surface area contributed by atoms with Gasteiger partial charge >= 0.3 is 0 Å². The van der Waals surface area contributed by atoms with Crippen molar-refractivity contribution in [1.82, 2.24) is 0 Å². The van der Waals surface area contributed by atoms with Crippen LogP contribution in [-0.4, -0.2) is 46.4 Å². The third-order valence-electron chi connectivity index (χ3n) is 1.69. The van der Waals surface area contributed by atoms with Crippen LogP contribution in [-0.2, 0) is 19.0 Å². The number of hydrogen-bond donors (Lipinski definition) is 0. The Kier molecular flexibility index (Phi) is 10.3. The lowest BCUT2D eigenvalue weighted by atomic mass is 10.2. The first-order valence-electron chi connectivity index (χ1n) is 4.88. The van der Waals surface area contributed by atoms with Crippen LogP contribution in [0.5, 0.6) is 0 Å². The van der Waals surface area contributed by atoms with Gasteiger partial charge in [-0.05, 0) is 12.8 Å². The van der Waals surface area contributed by atoms with Gasteiger partial charge in [0.25, 0.3) is 0 Å². The second-order valence-electron chi connectivity index (χ2n) is 3.03. The van der Waals surface area contributed by atoms with Crippen LogP contribution in [0.15, 0.2) is 0 Å². The van der Waals surface area contributed by atoms with Gasteiger partial charge in [-0.25, -0.2) is 0 Å². The van der Waals surface area contributed by atoms with E-state index in [0.29, 0.717) is 19.6 Å². The highest BCUT2D eigenvalue weighted by atomic mass is 16.5. The molecule has 0 heterocycles. The molecular formula is C10H20O4. The fourth-order valence-corrected chi connectivity index (χ4v) is 1.01. The first kappa shape index (κ1) is 13.5. The van der Waals surface area contributed by atoms with Crippen molar-refractivity contribution in [3.05, 3.63) is 0 Å². The second kappa shape index (κ2) is 10.6. The largest absolute Gasteiger partial charge is 0.385 e. The Labute approximate surface area is 85.5 Å². The molecule has 0 unspecified atom stereocenters. The Morgan fingerprint density at radius 2 is 1.71 bits per heavy atom. The number of Topliss-reactive ketones (excluding diaryl/α,β-unsaturated/α-hetero) is 1. The van der Waals surface area contributed by atoms with Crippen LogP contribution >= 0.6 is 0 Å². The van der Waals surface area contributed by atoms with Gasteiger partial charge in [0.1, 0.15) is 6.61 Å². The summed E-state index contributed by atoms with van der Waals surface area (Å²) >= 11 is 0. The van der Waals surface area contributed by atoms with Crippen LogP contribution in [0, 0.1) is 0 Å². The number of hydrogen-bond acceptors (Lipinski definition) is 4. The van der Waals surface area contributed by atoms with Crippen LogP contribution in [0.3, 0.4) is 0 Å². The van der Waals surface area contributed by atoms with Crippen molar-refractivity contribution in [2.24, 2.45) is 0 Å². The van der Waals surface area contributed by atoms with Crippen LogP contribution in [0.4, 0.5) is 0 Å². The molecule has 0 bridgehead atoms. The van der Waals surface area contributed by atoms with Gasteiger partial charge in [0.15, 0.2) is 5.78 Å². The molecule has 14 heavy (non-hydrogen) atoms. The summed E-state index contributed by atoms with van der Waals surface area (Å²) in [6.07, 6.45) is 2.22. The molecular weight excluding hydrogens is 184 g/mol. The van der Waals surface area contributed by atoms with Gasteiger partial charge in [0, 0.05) is 40.5 Å². The van der Waals surface area contributed by atoms with E-state index in [0.717, 1.165) is 19.4 Å². The minimum atomic E-state index is 0.132. The molecule has 0 saturated carbocycles. The van der Waals surface area contributed by atoms with Crippen molar-refractivity contribution >= 4 is 5.78 Å². The minimum Gasteiger partial charge on any atom is -0.385 e. The maximum Gasteiger partial charge on any atom is 0.158 e. The fourth-order valence-electron chi connectivity index (χ4n) is 1.01. The lowest BCUT2D eigenvalue weighted by Gasteiger charge is -2.03. The summed E-state index contributed by atoms with van der Waals surface area (Å²) in [4.78, 5) is 11.0. The summed E-state index contributed by atoms with van der Waals surface area (Å²) in [6, 6.07) is 0. The fraction of sp³-hybridized carbons (Fsp3) is 0.900. The van der Waals surface area contributed by atoms with Gasteiger partial charge in [-0.3, -0.25) is 4.79 Å². The van der Waals surface area contributed by atoms with E-state index in [1.165, 1.54) is 7.11 Å². The Balaban J connectivity index is 3.01. The summed E-state index contributed by atoms with van der Waals surface area (Å²) in [7, 11) is 3.20. The lowest BCUT2D eigenvalue weighted by Crippen LogP contribution is -2.08. The average Bonchev–Trinajstić information content (AvgIpc) is 2.17. The van der Waals surface area contributed by atoms with Gasteiger partial charge in [0.2, 0.25) is 0 Å². The van der Waals surface area contributed by atoms with Gasteiger partial charge < -0.3 is 14.2 Å². The highest BCUT2D eigenvalue weighted by molar-refractivity contribution is 5.79. The van der Waals surface area contributed by atoms with Gasteiger partial charge in [-0.1, -0.05) is 0 Å². The predicted molar refractivity (Wildman–Crippen MR) is 53.4 cm³/mol. The number of carbonyl (C=O) groups excluding carboxylic acids is 1. The first-order chi connectivity index (χ1) is 6.81. The van der Waals surface area contributed by atoms with Gasteiger partial charge in [-0.2, -0.15) is 0 Å². The molecule has 4 nitrogen and oxygen atoms in total. The molecule has 0 aliphatic rings. The molecule has 0 saturated heterocycles. The molecule has 4 heteroatoms. The van der Waals surface area contributed by atoms with Crippen molar-refractivity contribution in [1.29, 1.82) is 0 Å². The zero-order valence-corrected chi connectivity index (χ0v) is 9.08. The highest BCUT2D eigenvalue weighted by Gasteiger charge is 1.99. The topological polar surface area (TPSA) is 44.8 Å². The minimum absolute atomic E-state index is 0.132. The van der Waals surface area contributed by atoms with E-state index in [9.17, 15) is 4.79 Å². The van der Waals surface area contributed by atoms with E-state index >= 15 is 0 Å². The Bertz CT molecular complexity index is 136. The molecule has 0 fully saturated rings. The average molecular weight is 204 g/mol. The van der Waals surface area contributed by atoms with E-state index in [4.69, 9.17) is 14.2 Å². The van der Waals surface area contributed by atoms with Crippen molar-refractivity contribution in [3.63, 3.8) is 0 Å². The lowest BCUT2D eigenvalue weighted by molar-refractivity contribution is -0.123. The molecule has 0 amide bonds. The third kappa shape index (κ3) is 9.64. The molecule has 0 spiro atoms. The number of rotatable bonds is 10. The maximum atomic E-state index is 11.0. The van der Waals surface area contributed by atoms with Crippen molar-refractivity contribution in [3.8, 4) is 0 Å². The Morgan fingerprint density at radius 3 is 2.36 bits per heavy atom. The molecule has 0 aromatic rings. The molecule has 0 rings (SSSR count). The SMILES string of the molecule is COCCCOCCCC(=O)COC. The smallest absolute Gasteiger partial charge is 0.158 e. The van der Waals surface area contributed by atoms with Crippen LogP contribution in [0.25, 0.3) is 0 Å². The zero-order chi connectivity index (χ0) is 10.6.